The van der Waals surface area contributed by atoms with Gasteiger partial charge in [0.05, 0.1) is 74.9 Å². The molecule has 1 aliphatic rings. The van der Waals surface area contributed by atoms with Gasteiger partial charge in [0, 0.05) is 0 Å². The van der Waals surface area contributed by atoms with Gasteiger partial charge in [-0.1, -0.05) is 182 Å². The van der Waals surface area contributed by atoms with E-state index in [4.69, 9.17) is 67.1 Å². The molecule has 1 aliphatic heterocycles. The Hall–Kier alpha value is -10.8. The smallest absolute Gasteiger partial charge is 0.245 e. The zero-order valence-corrected chi connectivity index (χ0v) is 55.1. The zero-order chi connectivity index (χ0) is 66.6. The van der Waals surface area contributed by atoms with Gasteiger partial charge in [-0.3, -0.25) is 4.57 Å². The highest BCUT2D eigenvalue weighted by molar-refractivity contribution is 5.76. The van der Waals surface area contributed by atoms with Crippen molar-refractivity contribution in [2.45, 2.75) is 61.8 Å². The first-order valence-corrected chi connectivity index (χ1v) is 32.2. The lowest BCUT2D eigenvalue weighted by atomic mass is 9.80. The highest BCUT2D eigenvalue weighted by Gasteiger charge is 2.42. The average molecular weight is 1290 g/mol. The third kappa shape index (κ3) is 13.3. The Kier molecular flexibility index (Phi) is 19.7. The lowest BCUT2D eigenvalue weighted by molar-refractivity contribution is -0.0756. The lowest BCUT2D eigenvalue weighted by Gasteiger charge is -2.37. The van der Waals surface area contributed by atoms with Crippen molar-refractivity contribution in [3.63, 3.8) is 0 Å². The molecule has 0 spiro atoms. The van der Waals surface area contributed by atoms with Crippen LogP contribution >= 0.6 is 0 Å². The van der Waals surface area contributed by atoms with Crippen LogP contribution < -0.4 is 33.2 Å². The summed E-state index contributed by atoms with van der Waals surface area (Å²) in [6, 6.07) is 85.4. The molecule has 0 aliphatic carbocycles. The average Bonchev–Trinajstić information content (AvgIpc) is 1.51. The molecule has 15 heteroatoms. The van der Waals surface area contributed by atoms with E-state index in [0.717, 1.165) is 108 Å². The second-order valence-electron chi connectivity index (χ2n) is 23.6. The maximum absolute atomic E-state index is 7.57. The maximum Gasteiger partial charge on any atom is 0.245 e. The van der Waals surface area contributed by atoms with Crippen LogP contribution in [0, 0.1) is 0 Å². The minimum Gasteiger partial charge on any atom is -0.497 e. The first kappa shape index (κ1) is 64.9. The molecule has 490 valence electrons. The SMILES string of the molecule is COc1ccc(C(OCc2cc(COc3ncnc4c3ncn4[C@H]3CC[C@H](COC(c4ccccc4)(c4ccc(OC)cc4)c4ccc(OC)cc4)O3)cc(COC(c3ccccc3)(c3ccc(OC)cc3)c3ccc(OC)cc3)c2)(c2ccccc2)c2ccc(OC)cc2)cc1. The summed E-state index contributed by atoms with van der Waals surface area (Å²) < 4.78 is 72.0. The third-order valence-corrected chi connectivity index (χ3v) is 18.1. The van der Waals surface area contributed by atoms with Crippen LogP contribution in [0.2, 0.25) is 0 Å². The summed E-state index contributed by atoms with van der Waals surface area (Å²) in [6.45, 7) is 0.690. The summed E-state index contributed by atoms with van der Waals surface area (Å²) in [5.74, 6) is 4.70. The minimum atomic E-state index is -1.11. The first-order chi connectivity index (χ1) is 47.7. The van der Waals surface area contributed by atoms with Crippen LogP contribution in [0.15, 0.2) is 267 Å². The van der Waals surface area contributed by atoms with Crippen molar-refractivity contribution in [3.8, 4) is 40.4 Å². The van der Waals surface area contributed by atoms with Crippen molar-refractivity contribution in [1.82, 2.24) is 19.5 Å². The summed E-state index contributed by atoms with van der Waals surface area (Å²) in [4.78, 5) is 14.4. The van der Waals surface area contributed by atoms with Gasteiger partial charge in [0.2, 0.25) is 5.88 Å². The lowest BCUT2D eigenvalue weighted by Crippen LogP contribution is -2.35. The van der Waals surface area contributed by atoms with Gasteiger partial charge in [0.25, 0.3) is 0 Å². The van der Waals surface area contributed by atoms with Gasteiger partial charge >= 0.3 is 0 Å². The Morgan fingerprint density at radius 2 is 0.680 bits per heavy atom. The Morgan fingerprint density at radius 3 is 1.02 bits per heavy atom. The molecule has 13 rings (SSSR count). The summed E-state index contributed by atoms with van der Waals surface area (Å²) in [5.41, 5.74) is 8.70. The molecule has 3 heterocycles. The van der Waals surface area contributed by atoms with E-state index in [1.165, 1.54) is 6.33 Å². The van der Waals surface area contributed by atoms with Gasteiger partial charge < -0.3 is 52.1 Å². The van der Waals surface area contributed by atoms with Gasteiger partial charge in [-0.25, -0.2) is 9.97 Å². The van der Waals surface area contributed by atoms with Gasteiger partial charge in [0.15, 0.2) is 11.2 Å². The van der Waals surface area contributed by atoms with Crippen molar-refractivity contribution < 1.29 is 52.1 Å². The number of nitrogens with zero attached hydrogens (tertiary/aromatic N) is 4. The van der Waals surface area contributed by atoms with E-state index in [9.17, 15) is 0 Å². The molecule has 12 aromatic rings. The van der Waals surface area contributed by atoms with Crippen LogP contribution in [0.1, 0.15) is 85.8 Å². The molecule has 0 unspecified atom stereocenters. The molecule has 2 atom stereocenters. The molecule has 97 heavy (non-hydrogen) atoms. The van der Waals surface area contributed by atoms with E-state index < -0.39 is 23.0 Å². The summed E-state index contributed by atoms with van der Waals surface area (Å²) in [6.07, 6.45) is 4.01. The van der Waals surface area contributed by atoms with Crippen LogP contribution in [0.25, 0.3) is 11.2 Å². The second-order valence-corrected chi connectivity index (χ2v) is 23.6. The predicted octanol–water partition coefficient (Wildman–Crippen LogP) is 16.2. The molecular formula is C82H76N4O11. The molecule has 10 aromatic carbocycles. The van der Waals surface area contributed by atoms with Gasteiger partial charge in [-0.05, 0) is 152 Å². The summed E-state index contributed by atoms with van der Waals surface area (Å²) >= 11 is 0. The topological polar surface area (TPSA) is 145 Å². The van der Waals surface area contributed by atoms with Crippen LogP contribution in [-0.2, 0) is 55.6 Å². The molecule has 0 radical (unpaired) electrons. The Labute approximate surface area is 565 Å². The first-order valence-electron chi connectivity index (χ1n) is 32.2. The fourth-order valence-electron chi connectivity index (χ4n) is 13.2. The molecule has 0 bridgehead atoms. The number of rotatable bonds is 28. The standard InChI is InChI=1S/C82H76N4O11/c1-87-69-34-22-63(23-35-69)80(60-16-10-7-11-17-60,64-24-36-70(88-2)37-25-64)94-52-58-48-57(49-59(50-58)53-95-81(61-18-12-8-13-19-61,65-26-38-71(89-3)39-27-65)66-28-40-72(90-4)41-29-66)51-93-79-77-78(83-55-84-79)86(56-85-77)76-47-46-75(97-76)54-96-82(62-20-14-9-15-21-62,67-30-42-73(91-5)43-31-67)68-32-44-74(92-6)45-33-68/h7-45,48-50,55-56,75-76H,46-47,51-54H2,1-6H3/t75-,76-/m1/s1. The predicted molar refractivity (Wildman–Crippen MR) is 372 cm³/mol. The number of ether oxygens (including phenoxy) is 11. The molecule has 1 saturated heterocycles. The van der Waals surface area contributed by atoms with E-state index in [0.29, 0.717) is 23.5 Å². The highest BCUT2D eigenvalue weighted by Crippen LogP contribution is 2.47. The van der Waals surface area contributed by atoms with E-state index in [2.05, 4.69) is 127 Å². The molecule has 0 N–H and O–H groups in total. The fraction of sp³-hybridized carbons (Fsp3) is 0.207. The Balaban J connectivity index is 0.833. The molecule has 0 saturated carbocycles. The van der Waals surface area contributed by atoms with Crippen molar-refractivity contribution in [2.75, 3.05) is 49.3 Å². The summed E-state index contributed by atoms with van der Waals surface area (Å²) in [7, 11) is 10.00. The third-order valence-electron chi connectivity index (χ3n) is 18.1. The van der Waals surface area contributed by atoms with Crippen molar-refractivity contribution in [1.29, 1.82) is 0 Å². The monoisotopic (exact) mass is 1290 g/mol. The van der Waals surface area contributed by atoms with Gasteiger partial charge in [0.1, 0.15) is 70.5 Å². The second kappa shape index (κ2) is 29.4. The number of hydrogen-bond donors (Lipinski definition) is 0. The normalized spacial score (nSPS) is 14.0. The highest BCUT2D eigenvalue weighted by atomic mass is 16.6. The van der Waals surface area contributed by atoms with Crippen LogP contribution in [0.4, 0.5) is 0 Å². The Morgan fingerprint density at radius 1 is 0.361 bits per heavy atom. The van der Waals surface area contributed by atoms with Crippen LogP contribution in [0.3, 0.4) is 0 Å². The van der Waals surface area contributed by atoms with Crippen LogP contribution in [0.5, 0.6) is 40.4 Å². The van der Waals surface area contributed by atoms with E-state index in [1.54, 1.807) is 49.0 Å². The molecular weight excluding hydrogens is 1220 g/mol. The van der Waals surface area contributed by atoms with E-state index in [1.807, 2.05) is 132 Å². The van der Waals surface area contributed by atoms with E-state index in [-0.39, 0.29) is 32.5 Å². The number of imidazole rings is 1. The number of methoxy groups -OCH3 is 6. The van der Waals surface area contributed by atoms with Gasteiger partial charge in [-0.2, -0.15) is 4.98 Å². The van der Waals surface area contributed by atoms with Crippen molar-refractivity contribution >= 4 is 11.2 Å². The largest absolute Gasteiger partial charge is 0.497 e. The molecule has 0 amide bonds. The van der Waals surface area contributed by atoms with Crippen molar-refractivity contribution in [3.05, 3.63) is 334 Å². The fourth-order valence-corrected chi connectivity index (χ4v) is 13.2. The van der Waals surface area contributed by atoms with Crippen molar-refractivity contribution in [2.24, 2.45) is 0 Å². The number of fused-ring (bicyclic) bond motifs is 1. The molecule has 2 aromatic heterocycles. The number of hydrogen-bond acceptors (Lipinski definition) is 14. The quantitative estimate of drug-likeness (QED) is 0.0429. The van der Waals surface area contributed by atoms with E-state index >= 15 is 0 Å². The van der Waals surface area contributed by atoms with Crippen LogP contribution in [-0.4, -0.2) is 74.9 Å². The number of aromatic nitrogens is 4. The van der Waals surface area contributed by atoms with Gasteiger partial charge in [-0.15, -0.1) is 0 Å². The minimum absolute atomic E-state index is 0.103. The molecule has 1 fully saturated rings. The Bertz CT molecular complexity index is 4200. The maximum atomic E-state index is 7.57. The zero-order valence-electron chi connectivity index (χ0n) is 55.1. The number of benzene rings is 10. The molecule has 15 nitrogen and oxygen atoms in total. The summed E-state index contributed by atoms with van der Waals surface area (Å²) in [5, 5.41) is 0.